The molecule has 18 heavy (non-hydrogen) atoms. The lowest BCUT2D eigenvalue weighted by Gasteiger charge is -2.24. The van der Waals surface area contributed by atoms with Crippen molar-refractivity contribution in [2.24, 2.45) is 5.73 Å². The molecule has 0 saturated carbocycles. The van der Waals surface area contributed by atoms with Crippen molar-refractivity contribution in [1.29, 1.82) is 0 Å². The quantitative estimate of drug-likeness (QED) is 0.340. The van der Waals surface area contributed by atoms with Gasteiger partial charge >= 0.3 is 7.12 Å². The maximum Gasteiger partial charge on any atom is 0.451 e. The molecule has 0 bridgehead atoms. The van der Waals surface area contributed by atoms with E-state index in [4.69, 9.17) is 15.8 Å². The lowest BCUT2D eigenvalue weighted by molar-refractivity contribution is 0.155. The fourth-order valence-corrected chi connectivity index (χ4v) is 2.61. The molecule has 0 spiro atoms. The van der Waals surface area contributed by atoms with Gasteiger partial charge in [-0.2, -0.15) is 0 Å². The normalized spacial score (nSPS) is 22.3. The molecule has 1 aliphatic rings. The number of hydrogen-bond acceptors (Lipinski definition) is 5. The van der Waals surface area contributed by atoms with Crippen molar-refractivity contribution in [3.63, 3.8) is 0 Å². The van der Waals surface area contributed by atoms with E-state index in [1.807, 2.05) is 0 Å². The molecule has 0 unspecified atom stereocenters. The van der Waals surface area contributed by atoms with Crippen LogP contribution in [0, 0.1) is 0 Å². The molecule has 0 aromatic rings. The van der Waals surface area contributed by atoms with E-state index < -0.39 is 7.12 Å². The molecule has 5 nitrogen and oxygen atoms in total. The number of likely N-dealkylation sites (tertiary alicyclic amines) is 1. The Bertz CT molecular complexity index is 219. The predicted molar refractivity (Wildman–Crippen MR) is 73.1 cm³/mol. The first-order chi connectivity index (χ1) is 8.63. The summed E-state index contributed by atoms with van der Waals surface area (Å²) in [4.78, 5) is 2.33. The average molecular weight is 258 g/mol. The molecule has 2 atom stereocenters. The van der Waals surface area contributed by atoms with Crippen LogP contribution in [-0.2, 0) is 0 Å². The van der Waals surface area contributed by atoms with E-state index in [-0.39, 0.29) is 12.6 Å². The maximum atomic E-state index is 9.21. The Balaban J connectivity index is 2.04. The van der Waals surface area contributed by atoms with Crippen LogP contribution in [0.25, 0.3) is 0 Å². The Hall–Kier alpha value is -0.135. The van der Waals surface area contributed by atoms with Crippen LogP contribution in [0.4, 0.5) is 0 Å². The maximum absolute atomic E-state index is 9.21. The lowest BCUT2D eigenvalue weighted by atomic mass is 9.83. The molecule has 1 fully saturated rings. The first kappa shape index (κ1) is 15.9. The lowest BCUT2D eigenvalue weighted by Crippen LogP contribution is -2.36. The molecule has 106 valence electrons. The minimum atomic E-state index is -1.18. The molecule has 0 radical (unpaired) electrons. The van der Waals surface area contributed by atoms with E-state index in [0.29, 0.717) is 12.4 Å². The summed E-state index contributed by atoms with van der Waals surface area (Å²) in [5, 5.41) is 26.6. The highest BCUT2D eigenvalue weighted by atomic mass is 16.4. The van der Waals surface area contributed by atoms with Crippen LogP contribution in [0.3, 0.4) is 0 Å². The summed E-state index contributed by atoms with van der Waals surface area (Å²) < 4.78 is 0. The highest BCUT2D eigenvalue weighted by Gasteiger charge is 2.23. The van der Waals surface area contributed by atoms with E-state index in [9.17, 15) is 5.11 Å². The largest absolute Gasteiger partial charge is 0.451 e. The van der Waals surface area contributed by atoms with Crippen LogP contribution >= 0.6 is 0 Å². The van der Waals surface area contributed by atoms with Gasteiger partial charge in [0.25, 0.3) is 0 Å². The van der Waals surface area contributed by atoms with Gasteiger partial charge in [-0.1, -0.05) is 12.8 Å². The average Bonchev–Trinajstić information content (AvgIpc) is 2.79. The number of nitrogens with two attached hydrogens (primary N) is 1. The highest BCUT2D eigenvalue weighted by Crippen LogP contribution is 2.17. The molecular formula is C12H27BN2O3. The zero-order valence-corrected chi connectivity index (χ0v) is 11.2. The van der Waals surface area contributed by atoms with Crippen LogP contribution in [-0.4, -0.2) is 59.0 Å². The molecule has 0 amide bonds. The summed E-state index contributed by atoms with van der Waals surface area (Å²) in [5.74, 6) is 0. The molecule has 1 aliphatic heterocycles. The van der Waals surface area contributed by atoms with E-state index in [1.54, 1.807) is 0 Å². The number of nitrogens with zero attached hydrogens (tertiary/aromatic N) is 1. The van der Waals surface area contributed by atoms with Crippen molar-refractivity contribution >= 4 is 7.12 Å². The van der Waals surface area contributed by atoms with Crippen molar-refractivity contribution in [2.75, 3.05) is 19.7 Å². The van der Waals surface area contributed by atoms with Crippen LogP contribution in [0.15, 0.2) is 0 Å². The third-order valence-corrected chi connectivity index (χ3v) is 3.78. The van der Waals surface area contributed by atoms with Gasteiger partial charge in [0, 0.05) is 12.1 Å². The van der Waals surface area contributed by atoms with Gasteiger partial charge in [-0.25, -0.2) is 0 Å². The van der Waals surface area contributed by atoms with Gasteiger partial charge in [-0.05, 0) is 45.1 Å². The van der Waals surface area contributed by atoms with Crippen molar-refractivity contribution in [3.05, 3.63) is 0 Å². The Morgan fingerprint density at radius 3 is 2.72 bits per heavy atom. The standard InChI is InChI=1S/C12H27BN2O3/c14-11(4-1-2-7-13(17)18)6-9-15-8-3-5-12(15)10-16/h11-12,16-18H,1-10,14H2/t11-,12+/m0/s1. The first-order valence-corrected chi connectivity index (χ1v) is 7.10. The Labute approximate surface area is 110 Å². The first-order valence-electron chi connectivity index (χ1n) is 7.10. The minimum Gasteiger partial charge on any atom is -0.427 e. The number of rotatable bonds is 9. The summed E-state index contributed by atoms with van der Waals surface area (Å²) in [7, 11) is -1.18. The summed E-state index contributed by atoms with van der Waals surface area (Å²) in [6, 6.07) is 0.516. The fraction of sp³-hybridized carbons (Fsp3) is 1.00. The van der Waals surface area contributed by atoms with Gasteiger partial charge in [-0.3, -0.25) is 4.90 Å². The molecule has 1 rings (SSSR count). The van der Waals surface area contributed by atoms with Crippen LogP contribution < -0.4 is 5.73 Å². The summed E-state index contributed by atoms with van der Waals surface area (Å²) >= 11 is 0. The number of hydrogen-bond donors (Lipinski definition) is 4. The molecule has 1 saturated heterocycles. The van der Waals surface area contributed by atoms with Crippen LogP contribution in [0.2, 0.25) is 6.32 Å². The zero-order valence-electron chi connectivity index (χ0n) is 11.2. The Kier molecular flexibility index (Phi) is 7.85. The van der Waals surface area contributed by atoms with Crippen LogP contribution in [0.5, 0.6) is 0 Å². The molecule has 0 aromatic carbocycles. The summed E-state index contributed by atoms with van der Waals surface area (Å²) in [6.45, 7) is 2.30. The molecule has 1 heterocycles. The second kappa shape index (κ2) is 8.88. The molecule has 0 aromatic heterocycles. The zero-order chi connectivity index (χ0) is 13.4. The van der Waals surface area contributed by atoms with Gasteiger partial charge < -0.3 is 20.9 Å². The van der Waals surface area contributed by atoms with E-state index in [1.165, 1.54) is 6.42 Å². The molecule has 6 heteroatoms. The van der Waals surface area contributed by atoms with Crippen LogP contribution in [0.1, 0.15) is 38.5 Å². The second-order valence-electron chi connectivity index (χ2n) is 5.33. The molecule has 0 aliphatic carbocycles. The number of unbranched alkanes of at least 4 members (excludes halogenated alkanes) is 1. The minimum absolute atomic E-state index is 0.181. The second-order valence-corrected chi connectivity index (χ2v) is 5.33. The number of aliphatic hydroxyl groups excluding tert-OH is 1. The molecule has 5 N–H and O–H groups in total. The predicted octanol–water partition coefficient (Wildman–Crippen LogP) is -0.196. The van der Waals surface area contributed by atoms with Crippen molar-refractivity contribution in [2.45, 2.75) is 56.9 Å². The van der Waals surface area contributed by atoms with E-state index >= 15 is 0 Å². The highest BCUT2D eigenvalue weighted by molar-refractivity contribution is 6.40. The molecular weight excluding hydrogens is 231 g/mol. The van der Waals surface area contributed by atoms with Gasteiger partial charge in [0.05, 0.1) is 6.61 Å². The topological polar surface area (TPSA) is 90.0 Å². The van der Waals surface area contributed by atoms with E-state index in [0.717, 1.165) is 45.2 Å². The van der Waals surface area contributed by atoms with Crippen molar-refractivity contribution in [3.8, 4) is 0 Å². The SMILES string of the molecule is N[C@@H](CCCCB(O)O)CCN1CCC[C@@H]1CO. The van der Waals surface area contributed by atoms with Gasteiger partial charge in [0.2, 0.25) is 0 Å². The Morgan fingerprint density at radius 1 is 1.28 bits per heavy atom. The smallest absolute Gasteiger partial charge is 0.427 e. The summed E-state index contributed by atoms with van der Waals surface area (Å²) in [6.07, 6.45) is 6.36. The van der Waals surface area contributed by atoms with E-state index in [2.05, 4.69) is 4.90 Å². The van der Waals surface area contributed by atoms with Gasteiger partial charge in [0.1, 0.15) is 0 Å². The fourth-order valence-electron chi connectivity index (χ4n) is 2.61. The van der Waals surface area contributed by atoms with Gasteiger partial charge in [0.15, 0.2) is 0 Å². The third-order valence-electron chi connectivity index (χ3n) is 3.78. The third kappa shape index (κ3) is 6.16. The van der Waals surface area contributed by atoms with Gasteiger partial charge in [-0.15, -0.1) is 0 Å². The van der Waals surface area contributed by atoms with Crippen molar-refractivity contribution < 1.29 is 15.2 Å². The Morgan fingerprint density at radius 2 is 2.06 bits per heavy atom. The monoisotopic (exact) mass is 258 g/mol. The summed E-state index contributed by atoms with van der Waals surface area (Å²) in [5.41, 5.74) is 6.04. The van der Waals surface area contributed by atoms with Crippen molar-refractivity contribution in [1.82, 2.24) is 4.90 Å². The number of aliphatic hydroxyl groups is 1.